The third-order valence-electron chi connectivity index (χ3n) is 4.41. The number of benzene rings is 1. The molecule has 0 saturated carbocycles. The number of nitrogens with zero attached hydrogens (tertiary/aromatic N) is 1. The van der Waals surface area contributed by atoms with E-state index in [1.807, 2.05) is 32.6 Å². The number of hydrogen-bond donors (Lipinski definition) is 2. The van der Waals surface area contributed by atoms with Crippen LogP contribution < -0.4 is 15.4 Å². The number of nitrogens with two attached hydrogens (primary N) is 1. The number of nitrogens with one attached hydrogen (secondary N) is 1. The summed E-state index contributed by atoms with van der Waals surface area (Å²) >= 11 is 0. The Balaban J connectivity index is 2.19. The van der Waals surface area contributed by atoms with Crippen LogP contribution in [0.3, 0.4) is 0 Å². The molecule has 1 atom stereocenters. The molecule has 1 aliphatic rings. The molecule has 0 radical (unpaired) electrons. The van der Waals surface area contributed by atoms with Crippen molar-refractivity contribution in [1.82, 2.24) is 5.32 Å². The lowest BCUT2D eigenvalue weighted by atomic mass is 10.0. The van der Waals surface area contributed by atoms with Gasteiger partial charge in [0, 0.05) is 17.3 Å². The van der Waals surface area contributed by atoms with Crippen molar-refractivity contribution in [3.63, 3.8) is 0 Å². The number of carbonyl (C=O) groups is 1. The molecule has 23 heavy (non-hydrogen) atoms. The average molecular weight is 339 g/mol. The fourth-order valence-corrected chi connectivity index (χ4v) is 3.31. The maximum atomic E-state index is 12.3. The number of fused-ring (bicyclic) bond motifs is 1. The van der Waals surface area contributed by atoms with Gasteiger partial charge in [0.25, 0.3) is 0 Å². The summed E-state index contributed by atoms with van der Waals surface area (Å²) in [6, 6.07) is 4.97. The molecule has 0 fully saturated rings. The molecule has 7 heteroatoms. The Labute approximate surface area is 138 Å². The molecule has 3 N–H and O–H groups in total. The van der Waals surface area contributed by atoms with E-state index in [0.29, 0.717) is 6.42 Å². The summed E-state index contributed by atoms with van der Waals surface area (Å²) in [4.78, 5) is 14.4. The van der Waals surface area contributed by atoms with E-state index in [4.69, 9.17) is 5.14 Å². The number of carbonyl (C=O) groups excluding carboxylic acids is 1. The molecule has 0 aliphatic carbocycles. The van der Waals surface area contributed by atoms with Gasteiger partial charge in [0.15, 0.2) is 0 Å². The summed E-state index contributed by atoms with van der Waals surface area (Å²) < 4.78 is 22.9. The second-order valence-electron chi connectivity index (χ2n) is 6.80. The standard InChI is InChI=1S/C16H25N3O3S/c1-5-16(3,4)18-15(20)10-19-11(2)8-12-9-13(23(17,21)22)6-7-14(12)19/h6-7,9,11H,5,8,10H2,1-4H3,(H,18,20)(H2,17,21,22). The Kier molecular flexibility index (Phi) is 4.73. The average Bonchev–Trinajstić information content (AvgIpc) is 2.73. The van der Waals surface area contributed by atoms with Gasteiger partial charge in [-0.05, 0) is 57.4 Å². The van der Waals surface area contributed by atoms with E-state index in [1.54, 1.807) is 12.1 Å². The Morgan fingerprint density at radius 1 is 1.43 bits per heavy atom. The molecular weight excluding hydrogens is 314 g/mol. The molecule has 1 aliphatic heterocycles. The summed E-state index contributed by atoms with van der Waals surface area (Å²) in [7, 11) is -3.71. The summed E-state index contributed by atoms with van der Waals surface area (Å²) in [6.07, 6.45) is 1.55. The van der Waals surface area contributed by atoms with E-state index in [0.717, 1.165) is 17.7 Å². The fourth-order valence-electron chi connectivity index (χ4n) is 2.75. The lowest BCUT2D eigenvalue weighted by Gasteiger charge is -2.29. The van der Waals surface area contributed by atoms with Crippen molar-refractivity contribution in [2.24, 2.45) is 5.14 Å². The van der Waals surface area contributed by atoms with Gasteiger partial charge in [-0.1, -0.05) is 6.92 Å². The predicted octanol–water partition coefficient (Wildman–Crippen LogP) is 1.39. The second-order valence-corrected chi connectivity index (χ2v) is 8.36. The van der Waals surface area contributed by atoms with Crippen molar-refractivity contribution in [2.45, 2.75) is 57.0 Å². The van der Waals surface area contributed by atoms with Crippen LogP contribution in [-0.2, 0) is 21.2 Å². The maximum absolute atomic E-state index is 12.3. The monoisotopic (exact) mass is 339 g/mol. The zero-order chi connectivity index (χ0) is 17.4. The van der Waals surface area contributed by atoms with Gasteiger partial charge in [0.2, 0.25) is 15.9 Å². The van der Waals surface area contributed by atoms with Crippen molar-refractivity contribution in [1.29, 1.82) is 0 Å². The van der Waals surface area contributed by atoms with Crippen molar-refractivity contribution >= 4 is 21.6 Å². The Bertz CT molecular complexity index is 713. The zero-order valence-electron chi connectivity index (χ0n) is 14.1. The van der Waals surface area contributed by atoms with E-state index < -0.39 is 10.0 Å². The summed E-state index contributed by atoms with van der Waals surface area (Å²) in [5.74, 6) is -0.0351. The van der Waals surface area contributed by atoms with Crippen LogP contribution >= 0.6 is 0 Å². The molecule has 6 nitrogen and oxygen atoms in total. The SMILES string of the molecule is CCC(C)(C)NC(=O)CN1c2ccc(S(N)(=O)=O)cc2CC1C. The number of anilines is 1. The van der Waals surface area contributed by atoms with E-state index in [9.17, 15) is 13.2 Å². The van der Waals surface area contributed by atoms with Crippen LogP contribution in [0.2, 0.25) is 0 Å². The lowest BCUT2D eigenvalue weighted by molar-refractivity contribution is -0.121. The number of primary sulfonamides is 1. The molecule has 0 aromatic heterocycles. The van der Waals surface area contributed by atoms with Crippen LogP contribution in [0.5, 0.6) is 0 Å². The molecule has 128 valence electrons. The molecule has 1 amide bonds. The van der Waals surface area contributed by atoms with E-state index in [2.05, 4.69) is 5.32 Å². The van der Waals surface area contributed by atoms with Gasteiger partial charge in [0.1, 0.15) is 0 Å². The lowest BCUT2D eigenvalue weighted by Crippen LogP contribution is -2.48. The predicted molar refractivity (Wildman–Crippen MR) is 90.8 cm³/mol. The van der Waals surface area contributed by atoms with Crippen LogP contribution in [0.1, 0.15) is 39.7 Å². The van der Waals surface area contributed by atoms with Crippen LogP contribution in [0.25, 0.3) is 0 Å². The van der Waals surface area contributed by atoms with Crippen molar-refractivity contribution in [3.05, 3.63) is 23.8 Å². The molecule has 1 heterocycles. The second kappa shape index (κ2) is 6.13. The van der Waals surface area contributed by atoms with Crippen LogP contribution in [-0.4, -0.2) is 32.5 Å². The molecule has 0 saturated heterocycles. The number of rotatable bonds is 5. The Morgan fingerprint density at radius 2 is 2.09 bits per heavy atom. The zero-order valence-corrected chi connectivity index (χ0v) is 14.9. The van der Waals surface area contributed by atoms with Crippen LogP contribution in [0, 0.1) is 0 Å². The molecule has 0 bridgehead atoms. The number of sulfonamides is 1. The van der Waals surface area contributed by atoms with E-state index >= 15 is 0 Å². The van der Waals surface area contributed by atoms with Crippen molar-refractivity contribution in [3.8, 4) is 0 Å². The highest BCUT2D eigenvalue weighted by atomic mass is 32.2. The first-order chi connectivity index (χ1) is 10.5. The molecule has 1 aromatic carbocycles. The molecule has 2 rings (SSSR count). The van der Waals surface area contributed by atoms with Gasteiger partial charge in [-0.25, -0.2) is 13.6 Å². The summed E-state index contributed by atoms with van der Waals surface area (Å²) in [5.41, 5.74) is 1.57. The van der Waals surface area contributed by atoms with Crippen LogP contribution in [0.4, 0.5) is 5.69 Å². The van der Waals surface area contributed by atoms with Gasteiger partial charge in [-0.2, -0.15) is 0 Å². The number of amides is 1. The fraction of sp³-hybridized carbons (Fsp3) is 0.562. The third-order valence-corrected chi connectivity index (χ3v) is 5.32. The van der Waals surface area contributed by atoms with Gasteiger partial charge in [-0.15, -0.1) is 0 Å². The third kappa shape index (κ3) is 4.03. The van der Waals surface area contributed by atoms with Gasteiger partial charge < -0.3 is 10.2 Å². The van der Waals surface area contributed by atoms with E-state index in [1.165, 1.54) is 6.07 Å². The van der Waals surface area contributed by atoms with Gasteiger partial charge in [0.05, 0.1) is 11.4 Å². The number of hydrogen-bond acceptors (Lipinski definition) is 4. The summed E-state index contributed by atoms with van der Waals surface area (Å²) in [6.45, 7) is 8.29. The van der Waals surface area contributed by atoms with E-state index in [-0.39, 0.29) is 28.9 Å². The molecule has 0 spiro atoms. The minimum atomic E-state index is -3.71. The topological polar surface area (TPSA) is 92.5 Å². The highest BCUT2D eigenvalue weighted by Gasteiger charge is 2.29. The Hall–Kier alpha value is -1.60. The summed E-state index contributed by atoms with van der Waals surface area (Å²) in [5, 5.41) is 8.20. The first-order valence-corrected chi connectivity index (χ1v) is 9.31. The smallest absolute Gasteiger partial charge is 0.239 e. The van der Waals surface area contributed by atoms with Crippen LogP contribution in [0.15, 0.2) is 23.1 Å². The van der Waals surface area contributed by atoms with Gasteiger partial charge in [-0.3, -0.25) is 4.79 Å². The van der Waals surface area contributed by atoms with Crippen molar-refractivity contribution < 1.29 is 13.2 Å². The first-order valence-electron chi connectivity index (χ1n) is 7.77. The first kappa shape index (κ1) is 17.7. The minimum absolute atomic E-state index is 0.0351. The highest BCUT2D eigenvalue weighted by molar-refractivity contribution is 7.89. The molecular formula is C16H25N3O3S. The largest absolute Gasteiger partial charge is 0.359 e. The highest BCUT2D eigenvalue weighted by Crippen LogP contribution is 2.33. The molecule has 1 aromatic rings. The quantitative estimate of drug-likeness (QED) is 0.848. The van der Waals surface area contributed by atoms with Gasteiger partial charge >= 0.3 is 0 Å². The normalized spacial score (nSPS) is 18.0. The van der Waals surface area contributed by atoms with Crippen molar-refractivity contribution in [2.75, 3.05) is 11.4 Å². The Morgan fingerprint density at radius 3 is 2.65 bits per heavy atom. The minimum Gasteiger partial charge on any atom is -0.359 e. The maximum Gasteiger partial charge on any atom is 0.239 e. The molecule has 1 unspecified atom stereocenters.